The number of nitrogens with zero attached hydrogens (tertiary/aromatic N) is 1. The van der Waals surface area contributed by atoms with Crippen LogP contribution in [0.3, 0.4) is 0 Å². The van der Waals surface area contributed by atoms with Gasteiger partial charge in [0.05, 0.1) is 12.3 Å². The summed E-state index contributed by atoms with van der Waals surface area (Å²) in [5.41, 5.74) is 0.316. The van der Waals surface area contributed by atoms with Gasteiger partial charge in [0.25, 0.3) is 5.91 Å². The standard InChI is InChI=1S/C16H23N3O3/c20-12-1-2-14(18-9-12)16(22)19-15(11-7-13(21)8-11)10-3-5-17-6-4-10/h1-2,9-11,13,15,17,20-21H,3-8H2,(H,19,22). The molecule has 2 fully saturated rings. The van der Waals surface area contributed by atoms with Crippen LogP contribution in [0.25, 0.3) is 0 Å². The molecule has 3 rings (SSSR count). The van der Waals surface area contributed by atoms with E-state index < -0.39 is 0 Å². The van der Waals surface area contributed by atoms with E-state index in [9.17, 15) is 15.0 Å². The minimum absolute atomic E-state index is 0.0496. The van der Waals surface area contributed by atoms with Crippen LogP contribution in [0.5, 0.6) is 5.75 Å². The lowest BCUT2D eigenvalue weighted by Crippen LogP contribution is -2.53. The number of nitrogens with one attached hydrogen (secondary N) is 2. The number of piperidine rings is 1. The van der Waals surface area contributed by atoms with Crippen LogP contribution in [0.1, 0.15) is 36.2 Å². The zero-order valence-corrected chi connectivity index (χ0v) is 12.5. The minimum Gasteiger partial charge on any atom is -0.506 e. The van der Waals surface area contributed by atoms with Crippen LogP contribution in [0, 0.1) is 11.8 Å². The van der Waals surface area contributed by atoms with Crippen LogP contribution >= 0.6 is 0 Å². The van der Waals surface area contributed by atoms with E-state index in [1.807, 2.05) is 0 Å². The van der Waals surface area contributed by atoms with Crippen LogP contribution in [0.15, 0.2) is 18.3 Å². The molecule has 1 aromatic heterocycles. The summed E-state index contributed by atoms with van der Waals surface area (Å²) >= 11 is 0. The number of hydrogen-bond donors (Lipinski definition) is 4. The van der Waals surface area contributed by atoms with E-state index in [1.165, 1.54) is 18.3 Å². The Hall–Kier alpha value is -1.66. The Kier molecular flexibility index (Phi) is 4.59. The van der Waals surface area contributed by atoms with E-state index in [2.05, 4.69) is 15.6 Å². The quantitative estimate of drug-likeness (QED) is 0.655. The highest BCUT2D eigenvalue weighted by atomic mass is 16.3. The van der Waals surface area contributed by atoms with Gasteiger partial charge in [-0.15, -0.1) is 0 Å². The Morgan fingerprint density at radius 1 is 1.27 bits per heavy atom. The first kappa shape index (κ1) is 15.2. The fraction of sp³-hybridized carbons (Fsp3) is 0.625. The predicted molar refractivity (Wildman–Crippen MR) is 81.5 cm³/mol. The van der Waals surface area contributed by atoms with Gasteiger partial charge in [0.2, 0.25) is 0 Å². The van der Waals surface area contributed by atoms with Crippen molar-refractivity contribution in [2.24, 2.45) is 11.8 Å². The monoisotopic (exact) mass is 305 g/mol. The van der Waals surface area contributed by atoms with Gasteiger partial charge in [0.15, 0.2) is 0 Å². The normalized spacial score (nSPS) is 27.0. The first-order valence-electron chi connectivity index (χ1n) is 7.98. The third kappa shape index (κ3) is 3.39. The highest BCUT2D eigenvalue weighted by Crippen LogP contribution is 2.35. The van der Waals surface area contributed by atoms with Crippen molar-refractivity contribution in [3.05, 3.63) is 24.0 Å². The molecule has 0 aromatic carbocycles. The molecular weight excluding hydrogens is 282 g/mol. The number of amides is 1. The van der Waals surface area contributed by atoms with Crippen molar-refractivity contribution in [1.29, 1.82) is 0 Å². The van der Waals surface area contributed by atoms with Crippen molar-refractivity contribution in [1.82, 2.24) is 15.6 Å². The lowest BCUT2D eigenvalue weighted by Gasteiger charge is -2.43. The smallest absolute Gasteiger partial charge is 0.270 e. The van der Waals surface area contributed by atoms with Gasteiger partial charge in [-0.1, -0.05) is 0 Å². The molecule has 0 radical (unpaired) electrons. The maximum Gasteiger partial charge on any atom is 0.270 e. The Labute approximate surface area is 130 Å². The molecule has 0 bridgehead atoms. The number of rotatable bonds is 4. The molecule has 1 unspecified atom stereocenters. The fourth-order valence-corrected chi connectivity index (χ4v) is 3.49. The summed E-state index contributed by atoms with van der Waals surface area (Å²) < 4.78 is 0. The van der Waals surface area contributed by atoms with Crippen LogP contribution in [-0.4, -0.2) is 46.3 Å². The molecule has 1 aromatic rings. The minimum atomic E-state index is -0.224. The van der Waals surface area contributed by atoms with E-state index in [0.29, 0.717) is 17.5 Å². The molecule has 120 valence electrons. The number of aromatic nitrogens is 1. The van der Waals surface area contributed by atoms with Gasteiger partial charge in [-0.2, -0.15) is 0 Å². The summed E-state index contributed by atoms with van der Waals surface area (Å²) in [4.78, 5) is 16.4. The first-order chi connectivity index (χ1) is 10.6. The number of hydrogen-bond acceptors (Lipinski definition) is 5. The second kappa shape index (κ2) is 6.62. The maximum atomic E-state index is 12.4. The van der Waals surface area contributed by atoms with Crippen LogP contribution < -0.4 is 10.6 Å². The van der Waals surface area contributed by atoms with Crippen molar-refractivity contribution in [2.45, 2.75) is 37.8 Å². The van der Waals surface area contributed by atoms with Gasteiger partial charge in [-0.25, -0.2) is 4.98 Å². The summed E-state index contributed by atoms with van der Waals surface area (Å²) in [5.74, 6) is 0.637. The molecule has 1 saturated heterocycles. The van der Waals surface area contributed by atoms with Crippen LogP contribution in [-0.2, 0) is 0 Å². The molecule has 1 atom stereocenters. The molecule has 22 heavy (non-hydrogen) atoms. The molecule has 1 amide bonds. The van der Waals surface area contributed by atoms with E-state index >= 15 is 0 Å². The predicted octanol–water partition coefficient (Wildman–Crippen LogP) is 0.656. The highest BCUT2D eigenvalue weighted by Gasteiger charge is 2.39. The second-order valence-corrected chi connectivity index (χ2v) is 6.37. The van der Waals surface area contributed by atoms with Crippen molar-refractivity contribution >= 4 is 5.91 Å². The topological polar surface area (TPSA) is 94.5 Å². The molecular formula is C16H23N3O3. The summed E-state index contributed by atoms with van der Waals surface area (Å²) in [6.07, 6.45) is 4.66. The third-order valence-electron chi connectivity index (χ3n) is 4.83. The highest BCUT2D eigenvalue weighted by molar-refractivity contribution is 5.92. The summed E-state index contributed by atoms with van der Waals surface area (Å²) in [6.45, 7) is 1.95. The number of aromatic hydroxyl groups is 1. The zero-order valence-electron chi connectivity index (χ0n) is 12.5. The SMILES string of the molecule is O=C(NC(C1CCNCC1)C1CC(O)C1)c1ccc(O)cn1. The number of carbonyl (C=O) groups is 1. The van der Waals surface area contributed by atoms with Crippen molar-refractivity contribution < 1.29 is 15.0 Å². The largest absolute Gasteiger partial charge is 0.506 e. The van der Waals surface area contributed by atoms with E-state index in [0.717, 1.165) is 38.8 Å². The second-order valence-electron chi connectivity index (χ2n) is 6.37. The van der Waals surface area contributed by atoms with E-state index in [4.69, 9.17) is 0 Å². The first-order valence-corrected chi connectivity index (χ1v) is 7.98. The molecule has 1 aliphatic heterocycles. The van der Waals surface area contributed by atoms with E-state index in [-0.39, 0.29) is 23.8 Å². The van der Waals surface area contributed by atoms with Crippen LogP contribution in [0.2, 0.25) is 0 Å². The van der Waals surface area contributed by atoms with Crippen LogP contribution in [0.4, 0.5) is 0 Å². The molecule has 4 N–H and O–H groups in total. The fourth-order valence-electron chi connectivity index (χ4n) is 3.49. The Morgan fingerprint density at radius 2 is 2.00 bits per heavy atom. The average Bonchev–Trinajstić information content (AvgIpc) is 2.51. The van der Waals surface area contributed by atoms with E-state index in [1.54, 1.807) is 0 Å². The van der Waals surface area contributed by atoms with Crippen molar-refractivity contribution in [3.63, 3.8) is 0 Å². The molecule has 6 heteroatoms. The number of carbonyl (C=O) groups excluding carboxylic acids is 1. The Balaban J connectivity index is 1.68. The molecule has 1 saturated carbocycles. The van der Waals surface area contributed by atoms with Gasteiger partial charge in [-0.3, -0.25) is 4.79 Å². The molecule has 0 spiro atoms. The van der Waals surface area contributed by atoms with Gasteiger partial charge in [-0.05, 0) is 62.7 Å². The average molecular weight is 305 g/mol. The van der Waals surface area contributed by atoms with Crippen molar-refractivity contribution in [2.75, 3.05) is 13.1 Å². The lowest BCUT2D eigenvalue weighted by atomic mass is 9.71. The summed E-state index contributed by atoms with van der Waals surface area (Å²) in [5, 5.41) is 25.3. The Morgan fingerprint density at radius 3 is 2.59 bits per heavy atom. The van der Waals surface area contributed by atoms with Gasteiger partial charge in [0.1, 0.15) is 11.4 Å². The van der Waals surface area contributed by atoms with Crippen molar-refractivity contribution in [3.8, 4) is 5.75 Å². The molecule has 1 aliphatic carbocycles. The summed E-state index contributed by atoms with van der Waals surface area (Å²) in [7, 11) is 0. The molecule has 6 nitrogen and oxygen atoms in total. The van der Waals surface area contributed by atoms with Gasteiger partial charge < -0.3 is 20.8 Å². The van der Waals surface area contributed by atoms with Gasteiger partial charge >= 0.3 is 0 Å². The van der Waals surface area contributed by atoms with Gasteiger partial charge in [0, 0.05) is 6.04 Å². The lowest BCUT2D eigenvalue weighted by molar-refractivity contribution is 0.00913. The Bertz CT molecular complexity index is 508. The molecule has 2 aliphatic rings. The summed E-state index contributed by atoms with van der Waals surface area (Å²) in [6, 6.07) is 3.09. The number of pyridine rings is 1. The number of aliphatic hydroxyl groups excluding tert-OH is 1. The third-order valence-corrected chi connectivity index (χ3v) is 4.83. The zero-order chi connectivity index (χ0) is 15.5. The maximum absolute atomic E-state index is 12.4. The molecule has 2 heterocycles. The number of aliphatic hydroxyl groups is 1.